The van der Waals surface area contributed by atoms with Crippen LogP contribution < -0.4 is 9.47 Å². The van der Waals surface area contributed by atoms with Crippen LogP contribution in [0, 0.1) is 0 Å². The summed E-state index contributed by atoms with van der Waals surface area (Å²) in [6, 6.07) is 14.6. The second-order valence-corrected chi connectivity index (χ2v) is 4.25. The Morgan fingerprint density at radius 3 is 2.55 bits per heavy atom. The molecule has 1 N–H and O–H groups in total. The Balaban J connectivity index is 2.06. The van der Waals surface area contributed by atoms with Crippen molar-refractivity contribution in [3.8, 4) is 11.5 Å². The highest BCUT2D eigenvalue weighted by Gasteiger charge is 2.12. The Morgan fingerprint density at radius 1 is 1.15 bits per heavy atom. The summed E-state index contributed by atoms with van der Waals surface area (Å²) >= 11 is 0. The highest BCUT2D eigenvalue weighted by Crippen LogP contribution is 2.25. The first kappa shape index (κ1) is 13.9. The molecule has 2 rings (SSSR count). The number of rotatable bonds is 6. The molecule has 0 atom stereocenters. The van der Waals surface area contributed by atoms with Crippen LogP contribution in [-0.2, 0) is 6.42 Å². The zero-order valence-electron chi connectivity index (χ0n) is 11.2. The first-order valence-electron chi connectivity index (χ1n) is 6.29. The van der Waals surface area contributed by atoms with Gasteiger partial charge in [0.15, 0.2) is 0 Å². The summed E-state index contributed by atoms with van der Waals surface area (Å²) < 4.78 is 10.7. The molecule has 0 aliphatic heterocycles. The Bertz CT molecular complexity index is 578. The number of ether oxygens (including phenoxy) is 2. The van der Waals surface area contributed by atoms with Gasteiger partial charge in [0.1, 0.15) is 17.1 Å². The van der Waals surface area contributed by atoms with Gasteiger partial charge < -0.3 is 14.6 Å². The van der Waals surface area contributed by atoms with E-state index in [0.29, 0.717) is 18.1 Å². The fourth-order valence-electron chi connectivity index (χ4n) is 1.85. The largest absolute Gasteiger partial charge is 0.497 e. The van der Waals surface area contributed by atoms with Gasteiger partial charge in [-0.05, 0) is 17.7 Å². The summed E-state index contributed by atoms with van der Waals surface area (Å²) in [5.74, 6) is -0.111. The lowest BCUT2D eigenvalue weighted by molar-refractivity contribution is 0.0692. The molecule has 0 unspecified atom stereocenters. The molecule has 0 saturated carbocycles. The van der Waals surface area contributed by atoms with E-state index in [-0.39, 0.29) is 5.56 Å². The van der Waals surface area contributed by atoms with Crippen LogP contribution in [0.2, 0.25) is 0 Å². The number of carboxylic acid groups (broad SMARTS) is 1. The van der Waals surface area contributed by atoms with E-state index in [4.69, 9.17) is 14.6 Å². The molecule has 0 spiro atoms. The van der Waals surface area contributed by atoms with Gasteiger partial charge in [-0.1, -0.05) is 30.3 Å². The average Bonchev–Trinajstić information content (AvgIpc) is 2.48. The molecule has 0 radical (unpaired) electrons. The van der Waals surface area contributed by atoms with Gasteiger partial charge in [-0.25, -0.2) is 4.79 Å². The number of carbonyl (C=O) groups is 1. The maximum Gasteiger partial charge on any atom is 0.339 e. The van der Waals surface area contributed by atoms with Gasteiger partial charge in [0.05, 0.1) is 13.7 Å². The number of benzene rings is 2. The van der Waals surface area contributed by atoms with Gasteiger partial charge in [-0.3, -0.25) is 0 Å². The minimum atomic E-state index is -1.01. The van der Waals surface area contributed by atoms with Crippen LogP contribution in [0.4, 0.5) is 0 Å². The van der Waals surface area contributed by atoms with Crippen molar-refractivity contribution in [2.45, 2.75) is 6.42 Å². The maximum atomic E-state index is 11.1. The SMILES string of the molecule is COc1ccc(C(=O)O)c(OCCc2ccccc2)c1. The normalized spacial score (nSPS) is 10.1. The number of hydrogen-bond acceptors (Lipinski definition) is 3. The molecule has 0 saturated heterocycles. The summed E-state index contributed by atoms with van der Waals surface area (Å²) in [7, 11) is 1.53. The molecule has 0 fully saturated rings. The Kier molecular flexibility index (Phi) is 4.60. The number of carboxylic acids is 1. The zero-order valence-corrected chi connectivity index (χ0v) is 11.2. The second kappa shape index (κ2) is 6.61. The van der Waals surface area contributed by atoms with Gasteiger partial charge in [-0.2, -0.15) is 0 Å². The standard InChI is InChI=1S/C16H16O4/c1-19-13-7-8-14(16(17)18)15(11-13)20-10-9-12-5-3-2-4-6-12/h2-8,11H,9-10H2,1H3,(H,17,18). The van der Waals surface area contributed by atoms with Crippen molar-refractivity contribution in [1.82, 2.24) is 0 Å². The van der Waals surface area contributed by atoms with Gasteiger partial charge >= 0.3 is 5.97 Å². The predicted molar refractivity (Wildman–Crippen MR) is 75.6 cm³/mol. The predicted octanol–water partition coefficient (Wildman–Crippen LogP) is 3.01. The molecule has 0 heterocycles. The van der Waals surface area contributed by atoms with Crippen LogP contribution in [0.1, 0.15) is 15.9 Å². The third kappa shape index (κ3) is 3.51. The average molecular weight is 272 g/mol. The third-order valence-electron chi connectivity index (χ3n) is 2.91. The molecule has 20 heavy (non-hydrogen) atoms. The first-order valence-corrected chi connectivity index (χ1v) is 6.29. The van der Waals surface area contributed by atoms with E-state index >= 15 is 0 Å². The van der Waals surface area contributed by atoms with Gasteiger partial charge in [0, 0.05) is 12.5 Å². The van der Waals surface area contributed by atoms with Crippen molar-refractivity contribution in [3.63, 3.8) is 0 Å². The van der Waals surface area contributed by atoms with Crippen LogP contribution in [0.25, 0.3) is 0 Å². The van der Waals surface area contributed by atoms with E-state index < -0.39 is 5.97 Å². The molecule has 0 aromatic heterocycles. The van der Waals surface area contributed by atoms with Crippen molar-refractivity contribution in [3.05, 3.63) is 59.7 Å². The first-order chi connectivity index (χ1) is 9.70. The van der Waals surface area contributed by atoms with Crippen molar-refractivity contribution < 1.29 is 19.4 Å². The molecule has 0 aliphatic carbocycles. The second-order valence-electron chi connectivity index (χ2n) is 4.25. The van der Waals surface area contributed by atoms with Crippen LogP contribution in [0.15, 0.2) is 48.5 Å². The minimum Gasteiger partial charge on any atom is -0.497 e. The summed E-state index contributed by atoms with van der Waals surface area (Å²) in [5.41, 5.74) is 1.28. The Labute approximate surface area is 117 Å². The van der Waals surface area contributed by atoms with Crippen LogP contribution in [0.5, 0.6) is 11.5 Å². The number of hydrogen-bond donors (Lipinski definition) is 1. The zero-order chi connectivity index (χ0) is 14.4. The Morgan fingerprint density at radius 2 is 1.90 bits per heavy atom. The Hall–Kier alpha value is -2.49. The molecule has 104 valence electrons. The fourth-order valence-corrected chi connectivity index (χ4v) is 1.85. The molecule has 0 aliphatic rings. The lowest BCUT2D eigenvalue weighted by Gasteiger charge is -2.10. The summed E-state index contributed by atoms with van der Waals surface area (Å²) in [6.45, 7) is 0.414. The van der Waals surface area contributed by atoms with Crippen LogP contribution in [0.3, 0.4) is 0 Å². The molecule has 0 bridgehead atoms. The molecular formula is C16H16O4. The van der Waals surface area contributed by atoms with Gasteiger partial charge in [0.2, 0.25) is 0 Å². The smallest absolute Gasteiger partial charge is 0.339 e. The van der Waals surface area contributed by atoms with E-state index in [1.54, 1.807) is 12.1 Å². The van der Waals surface area contributed by atoms with Crippen molar-refractivity contribution >= 4 is 5.97 Å². The fraction of sp³-hybridized carbons (Fsp3) is 0.188. The topological polar surface area (TPSA) is 55.8 Å². The molecule has 2 aromatic rings. The summed E-state index contributed by atoms with van der Waals surface area (Å²) in [5, 5.41) is 9.12. The molecule has 4 nitrogen and oxygen atoms in total. The highest BCUT2D eigenvalue weighted by atomic mass is 16.5. The molecule has 2 aromatic carbocycles. The van der Waals surface area contributed by atoms with E-state index in [0.717, 1.165) is 12.0 Å². The van der Waals surface area contributed by atoms with Crippen LogP contribution >= 0.6 is 0 Å². The maximum absolute atomic E-state index is 11.1. The lowest BCUT2D eigenvalue weighted by atomic mass is 10.1. The van der Waals surface area contributed by atoms with Crippen LogP contribution in [-0.4, -0.2) is 24.8 Å². The van der Waals surface area contributed by atoms with Gasteiger partial charge in [0.25, 0.3) is 0 Å². The highest BCUT2D eigenvalue weighted by molar-refractivity contribution is 5.91. The van der Waals surface area contributed by atoms with E-state index in [2.05, 4.69) is 0 Å². The summed E-state index contributed by atoms with van der Waals surface area (Å²) in [6.07, 6.45) is 0.719. The molecule has 0 amide bonds. The lowest BCUT2D eigenvalue weighted by Crippen LogP contribution is -2.06. The van der Waals surface area contributed by atoms with E-state index in [1.807, 2.05) is 30.3 Å². The molecular weight excluding hydrogens is 256 g/mol. The quantitative estimate of drug-likeness (QED) is 0.878. The third-order valence-corrected chi connectivity index (χ3v) is 2.91. The number of methoxy groups -OCH3 is 1. The summed E-state index contributed by atoms with van der Waals surface area (Å²) in [4.78, 5) is 11.1. The van der Waals surface area contributed by atoms with Crippen molar-refractivity contribution in [2.75, 3.05) is 13.7 Å². The molecule has 4 heteroatoms. The number of aromatic carboxylic acids is 1. The van der Waals surface area contributed by atoms with E-state index in [1.165, 1.54) is 13.2 Å². The van der Waals surface area contributed by atoms with Crippen molar-refractivity contribution in [1.29, 1.82) is 0 Å². The van der Waals surface area contributed by atoms with E-state index in [9.17, 15) is 4.79 Å². The monoisotopic (exact) mass is 272 g/mol. The minimum absolute atomic E-state index is 0.138. The van der Waals surface area contributed by atoms with Gasteiger partial charge in [-0.15, -0.1) is 0 Å². The van der Waals surface area contributed by atoms with Crippen molar-refractivity contribution in [2.24, 2.45) is 0 Å².